The predicted molar refractivity (Wildman–Crippen MR) is 133 cm³/mol. The Bertz CT molecular complexity index is 848. The van der Waals surface area contributed by atoms with Crippen molar-refractivity contribution in [2.75, 3.05) is 5.75 Å². The molecule has 7 heteroatoms. The van der Waals surface area contributed by atoms with Gasteiger partial charge in [-0.2, -0.15) is 0 Å². The molecule has 1 aliphatic heterocycles. The maximum atomic E-state index is 12.9. The van der Waals surface area contributed by atoms with E-state index < -0.39 is 24.4 Å². The number of benzene rings is 2. The van der Waals surface area contributed by atoms with E-state index in [-0.39, 0.29) is 11.8 Å². The van der Waals surface area contributed by atoms with E-state index in [1.54, 1.807) is 11.8 Å². The van der Waals surface area contributed by atoms with E-state index in [0.29, 0.717) is 5.75 Å². The van der Waals surface area contributed by atoms with Gasteiger partial charge in [-0.15, -0.1) is 11.8 Å². The molecule has 0 aliphatic carbocycles. The second-order valence-electron chi connectivity index (χ2n) is 9.35. The Kier molecular flexibility index (Phi) is 8.45. The number of hydrogen-bond acceptors (Lipinski definition) is 5. The summed E-state index contributed by atoms with van der Waals surface area (Å²) < 4.78 is 12.5. The third kappa shape index (κ3) is 6.61. The van der Waals surface area contributed by atoms with Crippen LogP contribution in [-0.2, 0) is 20.5 Å². The van der Waals surface area contributed by atoms with Gasteiger partial charge >= 0.3 is 7.12 Å². The number of hydrogen-bond donors (Lipinski definition) is 2. The molecule has 0 radical (unpaired) electrons. The van der Waals surface area contributed by atoms with Gasteiger partial charge in [0.2, 0.25) is 5.91 Å². The summed E-state index contributed by atoms with van der Waals surface area (Å²) in [4.78, 5) is 14.0. The lowest BCUT2D eigenvalue weighted by molar-refractivity contribution is -0.122. The smallest absolute Gasteiger partial charge is 0.402 e. The van der Waals surface area contributed by atoms with Crippen molar-refractivity contribution < 1.29 is 14.1 Å². The molecular formula is C25H35BN2O3S. The first-order valence-corrected chi connectivity index (χ1v) is 12.3. The molecule has 0 unspecified atom stereocenters. The summed E-state index contributed by atoms with van der Waals surface area (Å²) in [5.74, 6) is 0.0727. The van der Waals surface area contributed by atoms with Gasteiger partial charge in [0.15, 0.2) is 0 Å². The van der Waals surface area contributed by atoms with Gasteiger partial charge in [0.05, 0.1) is 23.2 Å². The summed E-state index contributed by atoms with van der Waals surface area (Å²) in [5.41, 5.74) is 6.60. The summed E-state index contributed by atoms with van der Waals surface area (Å²) in [6.45, 7) is 8.10. The number of carbonyl (C=O) groups excluding carboxylic acids is 1. The van der Waals surface area contributed by atoms with Crippen LogP contribution in [0.1, 0.15) is 46.1 Å². The Balaban J connectivity index is 1.61. The minimum absolute atomic E-state index is 0.173. The van der Waals surface area contributed by atoms with Gasteiger partial charge in [-0.1, -0.05) is 48.5 Å². The van der Waals surface area contributed by atoms with Crippen molar-refractivity contribution in [3.63, 3.8) is 0 Å². The topological polar surface area (TPSA) is 73.6 Å². The number of carbonyl (C=O) groups is 1. The first-order valence-electron chi connectivity index (χ1n) is 11.3. The number of rotatable bonds is 10. The number of nitrogens with two attached hydrogens (primary N) is 1. The van der Waals surface area contributed by atoms with Crippen molar-refractivity contribution in [1.29, 1.82) is 0 Å². The summed E-state index contributed by atoms with van der Waals surface area (Å²) in [7, 11) is -0.506. The van der Waals surface area contributed by atoms with Crippen molar-refractivity contribution >= 4 is 24.8 Å². The fourth-order valence-corrected chi connectivity index (χ4v) is 4.44. The molecule has 3 rings (SSSR count). The van der Waals surface area contributed by atoms with Crippen LogP contribution in [0.2, 0.25) is 0 Å². The van der Waals surface area contributed by atoms with E-state index in [0.717, 1.165) is 24.2 Å². The first kappa shape index (κ1) is 24.8. The van der Waals surface area contributed by atoms with Gasteiger partial charge in [-0.25, -0.2) is 0 Å². The number of nitrogens with one attached hydrogen (secondary N) is 1. The molecule has 0 spiro atoms. The lowest BCUT2D eigenvalue weighted by Gasteiger charge is -2.32. The highest BCUT2D eigenvalue weighted by atomic mass is 32.2. The van der Waals surface area contributed by atoms with Crippen LogP contribution in [0.25, 0.3) is 0 Å². The Hall–Kier alpha value is -1.80. The second-order valence-corrected chi connectivity index (χ2v) is 10.4. The molecule has 0 bridgehead atoms. The second kappa shape index (κ2) is 10.9. The lowest BCUT2D eigenvalue weighted by atomic mass is 9.75. The average Bonchev–Trinajstić information content (AvgIpc) is 2.99. The molecule has 2 atom stereocenters. The Morgan fingerprint density at radius 1 is 1.00 bits per heavy atom. The van der Waals surface area contributed by atoms with E-state index in [9.17, 15) is 4.79 Å². The fraction of sp³-hybridized carbons (Fsp3) is 0.480. The van der Waals surface area contributed by atoms with E-state index in [4.69, 9.17) is 15.0 Å². The highest BCUT2D eigenvalue weighted by Gasteiger charge is 2.54. The normalized spacial score (nSPS) is 18.8. The molecular weight excluding hydrogens is 419 g/mol. The summed E-state index contributed by atoms with van der Waals surface area (Å²) in [6, 6.07) is 19.7. The third-order valence-corrected chi connectivity index (χ3v) is 7.39. The molecule has 1 amide bonds. The summed E-state index contributed by atoms with van der Waals surface area (Å²) in [5, 5.41) is 3.13. The zero-order valence-corrected chi connectivity index (χ0v) is 20.4. The zero-order valence-electron chi connectivity index (χ0n) is 19.5. The van der Waals surface area contributed by atoms with Crippen LogP contribution in [0.3, 0.4) is 0 Å². The maximum Gasteiger partial charge on any atom is 0.481 e. The van der Waals surface area contributed by atoms with Crippen LogP contribution >= 0.6 is 11.8 Å². The van der Waals surface area contributed by atoms with Gasteiger partial charge in [0.1, 0.15) is 0 Å². The monoisotopic (exact) mass is 454 g/mol. The third-order valence-electron chi connectivity index (χ3n) is 6.26. The molecule has 172 valence electrons. The van der Waals surface area contributed by atoms with E-state index >= 15 is 0 Å². The standard InChI is InChI=1S/C25H35BN2O3S/c1-24(2)25(3,4)31-26(30-24)22(17-11-14-19-12-7-5-8-13-19)28-23(29)21(27)18-32-20-15-9-6-10-16-20/h5-10,12-13,15-16,21-22H,11,14,17-18,27H2,1-4H3,(H,28,29)/t21-,22+/m1/s1. The van der Waals surface area contributed by atoms with Crippen LogP contribution < -0.4 is 11.1 Å². The quantitative estimate of drug-likeness (QED) is 0.415. The SMILES string of the molecule is CC1(C)OB([C@H](CCCc2ccccc2)NC(=O)[C@H](N)CSc2ccccc2)OC1(C)C. The number of thioether (sulfide) groups is 1. The minimum Gasteiger partial charge on any atom is -0.402 e. The van der Waals surface area contributed by atoms with Crippen LogP contribution in [0.5, 0.6) is 0 Å². The number of amides is 1. The van der Waals surface area contributed by atoms with Crippen LogP contribution in [0, 0.1) is 0 Å². The van der Waals surface area contributed by atoms with Crippen molar-refractivity contribution in [3.05, 3.63) is 66.2 Å². The van der Waals surface area contributed by atoms with Gasteiger partial charge < -0.3 is 20.4 Å². The molecule has 0 aromatic heterocycles. The molecule has 2 aromatic carbocycles. The van der Waals surface area contributed by atoms with Crippen LogP contribution in [0.15, 0.2) is 65.6 Å². The molecule has 5 nitrogen and oxygen atoms in total. The summed E-state index contributed by atoms with van der Waals surface area (Å²) >= 11 is 1.58. The Labute approximate surface area is 197 Å². The van der Waals surface area contributed by atoms with Crippen molar-refractivity contribution in [3.8, 4) is 0 Å². The highest BCUT2D eigenvalue weighted by Crippen LogP contribution is 2.38. The molecule has 1 fully saturated rings. The van der Waals surface area contributed by atoms with Crippen molar-refractivity contribution in [1.82, 2.24) is 5.32 Å². The molecule has 2 aromatic rings. The first-order chi connectivity index (χ1) is 15.2. The molecule has 0 saturated carbocycles. The van der Waals surface area contributed by atoms with Gasteiger partial charge in [-0.05, 0) is 64.7 Å². The van der Waals surface area contributed by atoms with Crippen LogP contribution in [-0.4, -0.2) is 42.0 Å². The Morgan fingerprint density at radius 2 is 1.56 bits per heavy atom. The Morgan fingerprint density at radius 3 is 2.16 bits per heavy atom. The molecule has 1 saturated heterocycles. The van der Waals surface area contributed by atoms with E-state index in [1.165, 1.54) is 5.56 Å². The average molecular weight is 454 g/mol. The van der Waals surface area contributed by atoms with E-state index in [1.807, 2.05) is 76.2 Å². The molecule has 1 heterocycles. The van der Waals surface area contributed by atoms with Gasteiger partial charge in [-0.3, -0.25) is 4.79 Å². The number of aryl methyl sites for hydroxylation is 1. The largest absolute Gasteiger partial charge is 0.481 e. The lowest BCUT2D eigenvalue weighted by Crippen LogP contribution is -2.53. The molecule has 3 N–H and O–H groups in total. The van der Waals surface area contributed by atoms with Gasteiger partial charge in [0, 0.05) is 10.6 Å². The van der Waals surface area contributed by atoms with Crippen molar-refractivity contribution in [2.24, 2.45) is 5.73 Å². The fourth-order valence-electron chi connectivity index (χ4n) is 3.57. The van der Waals surface area contributed by atoms with E-state index in [2.05, 4.69) is 17.4 Å². The molecule has 1 aliphatic rings. The molecule has 32 heavy (non-hydrogen) atoms. The predicted octanol–water partition coefficient (Wildman–Crippen LogP) is 4.25. The summed E-state index contributed by atoms with van der Waals surface area (Å²) in [6.07, 6.45) is 2.59. The van der Waals surface area contributed by atoms with Crippen molar-refractivity contribution in [2.45, 2.75) is 75.0 Å². The van der Waals surface area contributed by atoms with Gasteiger partial charge in [0.25, 0.3) is 0 Å². The van der Waals surface area contributed by atoms with Crippen LogP contribution in [0.4, 0.5) is 0 Å². The maximum absolute atomic E-state index is 12.9. The highest BCUT2D eigenvalue weighted by molar-refractivity contribution is 7.99. The zero-order chi connectivity index (χ0) is 23.2. The minimum atomic E-state index is -0.612.